The van der Waals surface area contributed by atoms with E-state index in [0.29, 0.717) is 0 Å². The lowest BCUT2D eigenvalue weighted by Gasteiger charge is -1.92. The highest BCUT2D eigenvalue weighted by atomic mass is 15.0. The van der Waals surface area contributed by atoms with Crippen molar-refractivity contribution in [3.8, 4) is 0 Å². The van der Waals surface area contributed by atoms with E-state index in [1.54, 1.807) is 6.20 Å². The molecule has 0 aliphatic rings. The molecule has 0 aliphatic heterocycles. The van der Waals surface area contributed by atoms with Gasteiger partial charge in [-0.25, -0.2) is 4.98 Å². The second kappa shape index (κ2) is 4.72. The molecule has 0 aliphatic carbocycles. The van der Waals surface area contributed by atoms with E-state index in [0.717, 1.165) is 6.54 Å². The topological polar surface area (TPSA) is 17.8 Å². The van der Waals surface area contributed by atoms with E-state index in [9.17, 15) is 0 Å². The Balaban J connectivity index is 2.23. The molecule has 0 unspecified atom stereocenters. The highest BCUT2D eigenvalue weighted by molar-refractivity contribution is 4.84. The van der Waals surface area contributed by atoms with Crippen LogP contribution < -0.4 is 0 Å². The molecule has 11 heavy (non-hydrogen) atoms. The van der Waals surface area contributed by atoms with Crippen molar-refractivity contribution in [3.63, 3.8) is 0 Å². The molecule has 0 aromatic carbocycles. The summed E-state index contributed by atoms with van der Waals surface area (Å²) in [5, 5.41) is 0. The van der Waals surface area contributed by atoms with Gasteiger partial charge in [0.15, 0.2) is 0 Å². The fourth-order valence-corrected chi connectivity index (χ4v) is 0.875. The van der Waals surface area contributed by atoms with Crippen molar-refractivity contribution in [1.82, 2.24) is 9.55 Å². The molecule has 0 amide bonds. The van der Waals surface area contributed by atoms with Crippen molar-refractivity contribution >= 4 is 0 Å². The predicted octanol–water partition coefficient (Wildman–Crippen LogP) is 2.24. The molecule has 0 atom stereocenters. The number of hydrogen-bond donors (Lipinski definition) is 0. The minimum Gasteiger partial charge on any atom is -0.334 e. The van der Waals surface area contributed by atoms with Crippen LogP contribution in [0.4, 0.5) is 0 Å². The first-order chi connectivity index (χ1) is 5.43. The average Bonchev–Trinajstić information content (AvgIpc) is 2.50. The number of hydrogen-bond acceptors (Lipinski definition) is 1. The Hall–Kier alpha value is -1.05. The van der Waals surface area contributed by atoms with Gasteiger partial charge in [-0.2, -0.15) is 0 Å². The number of rotatable bonds is 4. The van der Waals surface area contributed by atoms with Gasteiger partial charge >= 0.3 is 0 Å². The molecule has 0 saturated carbocycles. The van der Waals surface area contributed by atoms with Crippen LogP contribution in [0.15, 0.2) is 30.9 Å². The van der Waals surface area contributed by atoms with Crippen LogP contribution in [0.2, 0.25) is 0 Å². The summed E-state index contributed by atoms with van der Waals surface area (Å²) in [6.07, 6.45) is 12.4. The van der Waals surface area contributed by atoms with Crippen LogP contribution in [-0.4, -0.2) is 9.55 Å². The molecule has 2 nitrogen and oxygen atoms in total. The van der Waals surface area contributed by atoms with Gasteiger partial charge in [0.25, 0.3) is 0 Å². The minimum absolute atomic E-state index is 0.944. The summed E-state index contributed by atoms with van der Waals surface area (Å²) < 4.78 is 2.05. The monoisotopic (exact) mass is 150 g/mol. The molecule has 0 bridgehead atoms. The Morgan fingerprint density at radius 3 is 3.00 bits per heavy atom. The molecule has 2 heteroatoms. The first-order valence-corrected chi connectivity index (χ1v) is 4.04. The normalized spacial score (nSPS) is 11.0. The smallest absolute Gasteiger partial charge is 0.0948 e. The molecule has 0 saturated heterocycles. The zero-order valence-electron chi connectivity index (χ0n) is 6.90. The van der Waals surface area contributed by atoms with Crippen molar-refractivity contribution in [2.24, 2.45) is 0 Å². The lowest BCUT2D eigenvalue weighted by Crippen LogP contribution is -1.88. The van der Waals surface area contributed by atoms with Crippen molar-refractivity contribution in [3.05, 3.63) is 30.9 Å². The van der Waals surface area contributed by atoms with Crippen molar-refractivity contribution < 1.29 is 0 Å². The van der Waals surface area contributed by atoms with E-state index >= 15 is 0 Å². The number of imidazole rings is 1. The largest absolute Gasteiger partial charge is 0.334 e. The predicted molar refractivity (Wildman–Crippen MR) is 46.3 cm³/mol. The first kappa shape index (κ1) is 8.05. The minimum atomic E-state index is 0.944. The summed E-state index contributed by atoms with van der Waals surface area (Å²) in [7, 11) is 0. The second-order valence-electron chi connectivity index (χ2n) is 2.52. The lowest BCUT2D eigenvalue weighted by molar-refractivity contribution is 0.813. The van der Waals surface area contributed by atoms with Gasteiger partial charge in [0.05, 0.1) is 6.33 Å². The van der Waals surface area contributed by atoms with Gasteiger partial charge in [-0.05, 0) is 6.42 Å². The molecule has 0 spiro atoms. The van der Waals surface area contributed by atoms with Crippen LogP contribution in [-0.2, 0) is 6.54 Å². The van der Waals surface area contributed by atoms with Gasteiger partial charge in [0.2, 0.25) is 0 Å². The molecule has 1 rings (SSSR count). The lowest BCUT2D eigenvalue weighted by atomic mass is 10.3. The highest BCUT2D eigenvalue weighted by Crippen LogP contribution is 1.91. The molecular formula is C9H14N2. The van der Waals surface area contributed by atoms with Gasteiger partial charge < -0.3 is 4.57 Å². The molecule has 1 aromatic rings. The maximum Gasteiger partial charge on any atom is 0.0948 e. The number of unbranched alkanes of at least 4 members (excludes halogenated alkanes) is 1. The van der Waals surface area contributed by atoms with Crippen LogP contribution in [0.1, 0.15) is 19.8 Å². The van der Waals surface area contributed by atoms with Crippen molar-refractivity contribution in [2.75, 3.05) is 0 Å². The van der Waals surface area contributed by atoms with E-state index in [1.807, 2.05) is 17.1 Å². The summed E-state index contributed by atoms with van der Waals surface area (Å²) in [5.41, 5.74) is 0. The Bertz CT molecular complexity index is 199. The van der Waals surface area contributed by atoms with Crippen LogP contribution in [0.25, 0.3) is 0 Å². The summed E-state index contributed by atoms with van der Waals surface area (Å²) >= 11 is 0. The maximum atomic E-state index is 3.95. The van der Waals surface area contributed by atoms with E-state index < -0.39 is 0 Å². The molecular weight excluding hydrogens is 136 g/mol. The Morgan fingerprint density at radius 1 is 1.45 bits per heavy atom. The van der Waals surface area contributed by atoms with E-state index in [-0.39, 0.29) is 0 Å². The van der Waals surface area contributed by atoms with Crippen LogP contribution in [0.3, 0.4) is 0 Å². The molecule has 1 aromatic heterocycles. The molecule has 0 fully saturated rings. The fraction of sp³-hybridized carbons (Fsp3) is 0.444. The van der Waals surface area contributed by atoms with E-state index in [4.69, 9.17) is 0 Å². The Morgan fingerprint density at radius 2 is 2.36 bits per heavy atom. The SMILES string of the molecule is CCCC=CCn1ccnc1. The van der Waals surface area contributed by atoms with Crippen LogP contribution in [0, 0.1) is 0 Å². The summed E-state index contributed by atoms with van der Waals surface area (Å²) in [6, 6.07) is 0. The van der Waals surface area contributed by atoms with Gasteiger partial charge in [-0.3, -0.25) is 0 Å². The molecule has 1 heterocycles. The zero-order valence-corrected chi connectivity index (χ0v) is 6.90. The van der Waals surface area contributed by atoms with E-state index in [1.165, 1.54) is 12.8 Å². The van der Waals surface area contributed by atoms with Gasteiger partial charge in [-0.1, -0.05) is 25.5 Å². The second-order valence-corrected chi connectivity index (χ2v) is 2.52. The Kier molecular flexibility index (Phi) is 3.45. The summed E-state index contributed by atoms with van der Waals surface area (Å²) in [4.78, 5) is 3.95. The van der Waals surface area contributed by atoms with Crippen molar-refractivity contribution in [1.29, 1.82) is 0 Å². The summed E-state index contributed by atoms with van der Waals surface area (Å²) in [6.45, 7) is 3.13. The van der Waals surface area contributed by atoms with E-state index in [2.05, 4.69) is 24.1 Å². The zero-order chi connectivity index (χ0) is 7.94. The Labute approximate surface area is 67.6 Å². The average molecular weight is 150 g/mol. The van der Waals surface area contributed by atoms with Crippen molar-refractivity contribution in [2.45, 2.75) is 26.3 Å². The molecule has 60 valence electrons. The van der Waals surface area contributed by atoms with Crippen LogP contribution in [0.5, 0.6) is 0 Å². The third-order valence-corrected chi connectivity index (χ3v) is 1.50. The summed E-state index contributed by atoms with van der Waals surface area (Å²) in [5.74, 6) is 0. The molecule has 0 N–H and O–H groups in total. The van der Waals surface area contributed by atoms with Gasteiger partial charge in [0.1, 0.15) is 0 Å². The highest BCUT2D eigenvalue weighted by Gasteiger charge is 1.81. The third-order valence-electron chi connectivity index (χ3n) is 1.50. The molecule has 0 radical (unpaired) electrons. The standard InChI is InChI=1S/C9H14N2/c1-2-3-4-5-7-11-8-6-10-9-11/h4-6,8-9H,2-3,7H2,1H3. The number of nitrogens with zero attached hydrogens (tertiary/aromatic N) is 2. The number of allylic oxidation sites excluding steroid dienone is 2. The number of aromatic nitrogens is 2. The maximum absolute atomic E-state index is 3.95. The van der Waals surface area contributed by atoms with Crippen LogP contribution >= 0.6 is 0 Å². The first-order valence-electron chi connectivity index (χ1n) is 4.04. The quantitative estimate of drug-likeness (QED) is 0.602. The fourth-order valence-electron chi connectivity index (χ4n) is 0.875. The van der Waals surface area contributed by atoms with Gasteiger partial charge in [-0.15, -0.1) is 0 Å². The van der Waals surface area contributed by atoms with Gasteiger partial charge in [0, 0.05) is 18.9 Å². The third kappa shape index (κ3) is 3.03.